The number of hydrogen-bond acceptors (Lipinski definition) is 4. The van der Waals surface area contributed by atoms with E-state index in [9.17, 15) is 8.42 Å². The maximum Gasteiger partial charge on any atom is 0.240 e. The highest BCUT2D eigenvalue weighted by molar-refractivity contribution is 7.89. The van der Waals surface area contributed by atoms with Crippen LogP contribution >= 0.6 is 0 Å². The Morgan fingerprint density at radius 2 is 1.81 bits per heavy atom. The van der Waals surface area contributed by atoms with Crippen molar-refractivity contribution >= 4 is 10.0 Å². The van der Waals surface area contributed by atoms with Gasteiger partial charge in [0.25, 0.3) is 0 Å². The first kappa shape index (κ1) is 16.4. The van der Waals surface area contributed by atoms with Gasteiger partial charge in [0.2, 0.25) is 10.0 Å². The van der Waals surface area contributed by atoms with E-state index in [2.05, 4.69) is 14.9 Å². The molecular formula is C15H25N3O2S. The first-order valence-electron chi connectivity index (χ1n) is 7.49. The van der Waals surface area contributed by atoms with E-state index in [0.717, 1.165) is 38.3 Å². The molecule has 1 fully saturated rings. The third-order valence-electron chi connectivity index (χ3n) is 3.53. The quantitative estimate of drug-likeness (QED) is 0.824. The summed E-state index contributed by atoms with van der Waals surface area (Å²) in [5.41, 5.74) is 1.15. The second-order valence-corrected chi connectivity index (χ2v) is 7.68. The summed E-state index contributed by atoms with van der Waals surface area (Å²) in [7, 11) is -3.38. The van der Waals surface area contributed by atoms with Crippen LogP contribution in [0.3, 0.4) is 0 Å². The summed E-state index contributed by atoms with van der Waals surface area (Å²) < 4.78 is 26.8. The van der Waals surface area contributed by atoms with E-state index < -0.39 is 10.0 Å². The minimum Gasteiger partial charge on any atom is -0.314 e. The average molecular weight is 311 g/mol. The van der Waals surface area contributed by atoms with Gasteiger partial charge in [-0.15, -0.1) is 0 Å². The van der Waals surface area contributed by atoms with Crippen molar-refractivity contribution in [3.8, 4) is 0 Å². The predicted octanol–water partition coefficient (Wildman–Crippen LogP) is 1.03. The van der Waals surface area contributed by atoms with Crippen LogP contribution in [0.1, 0.15) is 19.4 Å². The SMILES string of the molecule is CC(C)CNS(=O)(=O)c1ccc(CN2CCNCC2)cc1. The van der Waals surface area contributed by atoms with Crippen molar-refractivity contribution in [3.05, 3.63) is 29.8 Å². The molecule has 0 amide bonds. The molecule has 6 heteroatoms. The summed E-state index contributed by atoms with van der Waals surface area (Å²) in [4.78, 5) is 2.71. The van der Waals surface area contributed by atoms with Gasteiger partial charge in [0.1, 0.15) is 0 Å². The van der Waals surface area contributed by atoms with Crippen LogP contribution in [0.5, 0.6) is 0 Å². The van der Waals surface area contributed by atoms with Gasteiger partial charge in [-0.3, -0.25) is 4.90 Å². The number of sulfonamides is 1. The van der Waals surface area contributed by atoms with Crippen LogP contribution in [0.2, 0.25) is 0 Å². The minimum absolute atomic E-state index is 0.298. The Hall–Kier alpha value is -0.950. The van der Waals surface area contributed by atoms with Gasteiger partial charge in [-0.2, -0.15) is 0 Å². The molecule has 0 radical (unpaired) electrons. The number of benzene rings is 1. The Bertz CT molecular complexity index is 535. The van der Waals surface area contributed by atoms with Gasteiger partial charge in [-0.1, -0.05) is 26.0 Å². The second kappa shape index (κ2) is 7.35. The number of piperazine rings is 1. The fraction of sp³-hybridized carbons (Fsp3) is 0.600. The lowest BCUT2D eigenvalue weighted by atomic mass is 10.2. The van der Waals surface area contributed by atoms with Crippen LogP contribution in [-0.4, -0.2) is 46.0 Å². The molecule has 0 bridgehead atoms. The summed E-state index contributed by atoms with van der Waals surface area (Å²) in [6.45, 7) is 9.42. The normalized spacial score (nSPS) is 17.3. The highest BCUT2D eigenvalue weighted by Crippen LogP contribution is 2.12. The molecule has 0 atom stereocenters. The Labute approximate surface area is 127 Å². The lowest BCUT2D eigenvalue weighted by molar-refractivity contribution is 0.233. The molecule has 1 heterocycles. The zero-order chi connectivity index (χ0) is 15.3. The Kier molecular flexibility index (Phi) is 5.75. The summed E-state index contributed by atoms with van der Waals surface area (Å²) >= 11 is 0. The molecule has 0 saturated carbocycles. The van der Waals surface area contributed by atoms with E-state index >= 15 is 0 Å². The molecule has 118 valence electrons. The maximum atomic E-state index is 12.1. The average Bonchev–Trinajstić information content (AvgIpc) is 2.47. The van der Waals surface area contributed by atoms with Gasteiger partial charge < -0.3 is 5.32 Å². The maximum absolute atomic E-state index is 12.1. The van der Waals surface area contributed by atoms with Crippen molar-refractivity contribution in [2.24, 2.45) is 5.92 Å². The molecule has 0 aliphatic carbocycles. The highest BCUT2D eigenvalue weighted by Gasteiger charge is 2.15. The largest absolute Gasteiger partial charge is 0.314 e. The van der Waals surface area contributed by atoms with Crippen LogP contribution in [0.15, 0.2) is 29.2 Å². The molecule has 0 unspecified atom stereocenters. The molecule has 5 nitrogen and oxygen atoms in total. The first-order chi connectivity index (χ1) is 9.97. The van der Waals surface area contributed by atoms with Gasteiger partial charge in [-0.25, -0.2) is 13.1 Å². The van der Waals surface area contributed by atoms with Crippen LogP contribution in [0, 0.1) is 5.92 Å². The molecular weight excluding hydrogens is 286 g/mol. The number of nitrogens with zero attached hydrogens (tertiary/aromatic N) is 1. The van der Waals surface area contributed by atoms with Crippen molar-refractivity contribution < 1.29 is 8.42 Å². The summed E-state index contributed by atoms with van der Waals surface area (Å²) in [5, 5.41) is 3.32. The van der Waals surface area contributed by atoms with Crippen LogP contribution < -0.4 is 10.0 Å². The molecule has 1 aliphatic rings. The molecule has 2 N–H and O–H groups in total. The summed E-state index contributed by atoms with van der Waals surface area (Å²) in [6, 6.07) is 7.21. The number of hydrogen-bond donors (Lipinski definition) is 2. The van der Waals surface area contributed by atoms with E-state index in [0.29, 0.717) is 17.4 Å². The smallest absolute Gasteiger partial charge is 0.240 e. The zero-order valence-corrected chi connectivity index (χ0v) is 13.6. The van der Waals surface area contributed by atoms with Crippen LogP contribution in [0.4, 0.5) is 0 Å². The zero-order valence-electron chi connectivity index (χ0n) is 12.8. The summed E-state index contributed by atoms with van der Waals surface area (Å²) in [5.74, 6) is 0.298. The van der Waals surface area contributed by atoms with E-state index in [4.69, 9.17) is 0 Å². The lowest BCUT2D eigenvalue weighted by Gasteiger charge is -2.27. The van der Waals surface area contributed by atoms with Gasteiger partial charge in [0.05, 0.1) is 4.90 Å². The molecule has 0 spiro atoms. The summed E-state index contributed by atoms with van der Waals surface area (Å²) in [6.07, 6.45) is 0. The van der Waals surface area contributed by atoms with E-state index in [-0.39, 0.29) is 0 Å². The highest BCUT2D eigenvalue weighted by atomic mass is 32.2. The third-order valence-corrected chi connectivity index (χ3v) is 4.97. The Morgan fingerprint density at radius 3 is 2.38 bits per heavy atom. The molecule has 2 rings (SSSR count). The lowest BCUT2D eigenvalue weighted by Crippen LogP contribution is -2.42. The third kappa shape index (κ3) is 5.07. The topological polar surface area (TPSA) is 61.4 Å². The van der Waals surface area contributed by atoms with E-state index in [1.54, 1.807) is 12.1 Å². The first-order valence-corrected chi connectivity index (χ1v) is 8.97. The predicted molar refractivity (Wildman–Crippen MR) is 84.6 cm³/mol. The molecule has 1 saturated heterocycles. The van der Waals surface area contributed by atoms with Crippen LogP contribution in [0.25, 0.3) is 0 Å². The van der Waals surface area contributed by atoms with Crippen molar-refractivity contribution in [1.82, 2.24) is 14.9 Å². The van der Waals surface area contributed by atoms with E-state index in [1.807, 2.05) is 26.0 Å². The Morgan fingerprint density at radius 1 is 1.19 bits per heavy atom. The molecule has 21 heavy (non-hydrogen) atoms. The van der Waals surface area contributed by atoms with Crippen molar-refractivity contribution in [2.45, 2.75) is 25.3 Å². The number of rotatable bonds is 6. The van der Waals surface area contributed by atoms with Gasteiger partial charge >= 0.3 is 0 Å². The monoisotopic (exact) mass is 311 g/mol. The van der Waals surface area contributed by atoms with E-state index in [1.165, 1.54) is 0 Å². The van der Waals surface area contributed by atoms with Gasteiger partial charge in [-0.05, 0) is 23.6 Å². The standard InChI is InChI=1S/C15H25N3O2S/c1-13(2)11-17-21(19,20)15-5-3-14(4-6-15)12-18-9-7-16-8-10-18/h3-6,13,16-17H,7-12H2,1-2H3. The fourth-order valence-electron chi connectivity index (χ4n) is 2.26. The number of nitrogens with one attached hydrogen (secondary N) is 2. The van der Waals surface area contributed by atoms with Gasteiger partial charge in [0.15, 0.2) is 0 Å². The van der Waals surface area contributed by atoms with Crippen molar-refractivity contribution in [1.29, 1.82) is 0 Å². The van der Waals surface area contributed by atoms with Crippen molar-refractivity contribution in [2.75, 3.05) is 32.7 Å². The molecule has 1 aromatic rings. The fourth-order valence-corrected chi connectivity index (χ4v) is 3.47. The Balaban J connectivity index is 1.97. The minimum atomic E-state index is -3.38. The molecule has 1 aliphatic heterocycles. The van der Waals surface area contributed by atoms with Crippen LogP contribution in [-0.2, 0) is 16.6 Å². The van der Waals surface area contributed by atoms with Gasteiger partial charge in [0, 0.05) is 39.3 Å². The molecule has 0 aromatic heterocycles. The van der Waals surface area contributed by atoms with Crippen molar-refractivity contribution in [3.63, 3.8) is 0 Å². The molecule has 1 aromatic carbocycles. The second-order valence-electron chi connectivity index (χ2n) is 5.92.